The van der Waals surface area contributed by atoms with Crippen molar-refractivity contribution in [2.24, 2.45) is 0 Å². The SMILES string of the molecule is COCCN(C)CCNc1nncc2ccccc12. The van der Waals surface area contributed by atoms with Crippen molar-refractivity contribution in [2.45, 2.75) is 0 Å². The summed E-state index contributed by atoms with van der Waals surface area (Å²) < 4.78 is 5.05. The van der Waals surface area contributed by atoms with E-state index in [9.17, 15) is 0 Å². The highest BCUT2D eigenvalue weighted by atomic mass is 16.5. The molecule has 0 fully saturated rings. The second-order valence-corrected chi connectivity index (χ2v) is 4.50. The van der Waals surface area contributed by atoms with Crippen molar-refractivity contribution < 1.29 is 4.74 Å². The van der Waals surface area contributed by atoms with Gasteiger partial charge in [0, 0.05) is 37.5 Å². The maximum Gasteiger partial charge on any atom is 0.156 e. The Balaban J connectivity index is 1.91. The summed E-state index contributed by atoms with van der Waals surface area (Å²) in [5.74, 6) is 0.846. The number of ether oxygens (including phenoxy) is 1. The number of nitrogens with zero attached hydrogens (tertiary/aromatic N) is 3. The van der Waals surface area contributed by atoms with Crippen molar-refractivity contribution in [3.63, 3.8) is 0 Å². The van der Waals surface area contributed by atoms with Gasteiger partial charge in [0.25, 0.3) is 0 Å². The molecule has 0 aliphatic heterocycles. The third kappa shape index (κ3) is 3.87. The van der Waals surface area contributed by atoms with E-state index in [1.54, 1.807) is 13.3 Å². The molecule has 1 aromatic heterocycles. The Morgan fingerprint density at radius 2 is 2.11 bits per heavy atom. The number of nitrogens with one attached hydrogen (secondary N) is 1. The van der Waals surface area contributed by atoms with Gasteiger partial charge in [0.1, 0.15) is 0 Å². The molecule has 0 spiro atoms. The van der Waals surface area contributed by atoms with Crippen LogP contribution in [0.3, 0.4) is 0 Å². The van der Waals surface area contributed by atoms with E-state index in [0.29, 0.717) is 0 Å². The fourth-order valence-electron chi connectivity index (χ4n) is 1.88. The Labute approximate surface area is 113 Å². The summed E-state index contributed by atoms with van der Waals surface area (Å²) in [5, 5.41) is 13.7. The Morgan fingerprint density at radius 3 is 2.95 bits per heavy atom. The van der Waals surface area contributed by atoms with E-state index in [4.69, 9.17) is 4.74 Å². The van der Waals surface area contributed by atoms with Gasteiger partial charge in [-0.05, 0) is 7.05 Å². The number of methoxy groups -OCH3 is 1. The van der Waals surface area contributed by atoms with Gasteiger partial charge in [-0.25, -0.2) is 0 Å². The normalized spacial score (nSPS) is 11.1. The van der Waals surface area contributed by atoms with E-state index in [0.717, 1.165) is 42.8 Å². The van der Waals surface area contributed by atoms with Crippen LogP contribution in [0, 0.1) is 0 Å². The minimum absolute atomic E-state index is 0.755. The number of likely N-dealkylation sites (N-methyl/N-ethyl adjacent to an activating group) is 1. The maximum atomic E-state index is 5.05. The Hall–Kier alpha value is -1.72. The second-order valence-electron chi connectivity index (χ2n) is 4.50. The standard InChI is InChI=1S/C14H20N4O/c1-18(9-10-19-2)8-7-15-14-13-6-4-3-5-12(13)11-16-17-14/h3-6,11H,7-10H2,1-2H3,(H,15,17). The lowest BCUT2D eigenvalue weighted by atomic mass is 10.2. The van der Waals surface area contributed by atoms with Gasteiger partial charge in [0.05, 0.1) is 12.8 Å². The number of aromatic nitrogens is 2. The second kappa shape index (κ2) is 7.01. The molecule has 1 heterocycles. The molecule has 19 heavy (non-hydrogen) atoms. The molecular weight excluding hydrogens is 240 g/mol. The van der Waals surface area contributed by atoms with Crippen molar-refractivity contribution in [3.8, 4) is 0 Å². The summed E-state index contributed by atoms with van der Waals surface area (Å²) in [7, 11) is 3.80. The molecule has 1 N–H and O–H groups in total. The van der Waals surface area contributed by atoms with Crippen LogP contribution in [0.2, 0.25) is 0 Å². The van der Waals surface area contributed by atoms with Crippen LogP contribution in [-0.4, -0.2) is 55.5 Å². The van der Waals surface area contributed by atoms with E-state index in [1.165, 1.54) is 0 Å². The van der Waals surface area contributed by atoms with Crippen LogP contribution in [0.1, 0.15) is 0 Å². The van der Waals surface area contributed by atoms with E-state index in [-0.39, 0.29) is 0 Å². The van der Waals surface area contributed by atoms with Crippen molar-refractivity contribution in [2.75, 3.05) is 45.7 Å². The van der Waals surface area contributed by atoms with E-state index >= 15 is 0 Å². The molecule has 0 bridgehead atoms. The molecule has 0 amide bonds. The van der Waals surface area contributed by atoms with Crippen LogP contribution >= 0.6 is 0 Å². The van der Waals surface area contributed by atoms with Crippen LogP contribution in [-0.2, 0) is 4.74 Å². The molecule has 0 aliphatic rings. The van der Waals surface area contributed by atoms with Crippen LogP contribution in [0.4, 0.5) is 5.82 Å². The summed E-state index contributed by atoms with van der Waals surface area (Å²) >= 11 is 0. The summed E-state index contributed by atoms with van der Waals surface area (Å²) in [6.45, 7) is 3.46. The number of hydrogen-bond acceptors (Lipinski definition) is 5. The van der Waals surface area contributed by atoms with E-state index in [2.05, 4.69) is 33.5 Å². The lowest BCUT2D eigenvalue weighted by Gasteiger charge is -2.16. The zero-order chi connectivity index (χ0) is 13.5. The summed E-state index contributed by atoms with van der Waals surface area (Å²) in [6.07, 6.45) is 1.78. The van der Waals surface area contributed by atoms with Crippen molar-refractivity contribution in [3.05, 3.63) is 30.5 Å². The molecule has 0 radical (unpaired) electrons. The quantitative estimate of drug-likeness (QED) is 0.820. The highest BCUT2D eigenvalue weighted by molar-refractivity contribution is 5.90. The molecule has 5 heteroatoms. The zero-order valence-corrected chi connectivity index (χ0v) is 11.5. The fraction of sp³-hybridized carbons (Fsp3) is 0.429. The van der Waals surface area contributed by atoms with Crippen LogP contribution in [0.15, 0.2) is 30.5 Å². The van der Waals surface area contributed by atoms with Gasteiger partial charge in [0.2, 0.25) is 0 Å². The summed E-state index contributed by atoms with van der Waals surface area (Å²) in [4.78, 5) is 2.22. The van der Waals surface area contributed by atoms with Gasteiger partial charge in [-0.15, -0.1) is 5.10 Å². The Morgan fingerprint density at radius 1 is 1.26 bits per heavy atom. The van der Waals surface area contributed by atoms with Gasteiger partial charge < -0.3 is 15.0 Å². The summed E-state index contributed by atoms with van der Waals surface area (Å²) in [5.41, 5.74) is 0. The monoisotopic (exact) mass is 260 g/mol. The largest absolute Gasteiger partial charge is 0.383 e. The van der Waals surface area contributed by atoms with Crippen molar-refractivity contribution in [1.29, 1.82) is 0 Å². The molecule has 0 saturated carbocycles. The van der Waals surface area contributed by atoms with E-state index < -0.39 is 0 Å². The number of hydrogen-bond donors (Lipinski definition) is 1. The predicted octanol–water partition coefficient (Wildman–Crippen LogP) is 1.62. The molecule has 2 rings (SSSR count). The maximum absolute atomic E-state index is 5.05. The fourth-order valence-corrected chi connectivity index (χ4v) is 1.88. The Bertz CT molecular complexity index is 512. The molecular formula is C14H20N4O. The lowest BCUT2D eigenvalue weighted by molar-refractivity contribution is 0.163. The minimum Gasteiger partial charge on any atom is -0.383 e. The zero-order valence-electron chi connectivity index (χ0n) is 11.5. The first-order chi connectivity index (χ1) is 9.31. The molecule has 0 atom stereocenters. The number of benzene rings is 1. The van der Waals surface area contributed by atoms with Crippen LogP contribution in [0.25, 0.3) is 10.8 Å². The van der Waals surface area contributed by atoms with Gasteiger partial charge in [-0.3, -0.25) is 0 Å². The first-order valence-corrected chi connectivity index (χ1v) is 6.43. The third-order valence-corrected chi connectivity index (χ3v) is 3.03. The average molecular weight is 260 g/mol. The summed E-state index contributed by atoms with van der Waals surface area (Å²) in [6, 6.07) is 8.12. The topological polar surface area (TPSA) is 50.3 Å². The van der Waals surface area contributed by atoms with E-state index in [1.807, 2.05) is 18.2 Å². The number of rotatable bonds is 7. The molecule has 5 nitrogen and oxygen atoms in total. The predicted molar refractivity (Wildman–Crippen MR) is 77.4 cm³/mol. The van der Waals surface area contributed by atoms with Gasteiger partial charge >= 0.3 is 0 Å². The highest BCUT2D eigenvalue weighted by Gasteiger charge is 2.03. The van der Waals surface area contributed by atoms with Crippen molar-refractivity contribution in [1.82, 2.24) is 15.1 Å². The molecule has 0 unspecified atom stereocenters. The molecule has 0 saturated heterocycles. The minimum atomic E-state index is 0.755. The average Bonchev–Trinajstić information content (AvgIpc) is 2.45. The number of fused-ring (bicyclic) bond motifs is 1. The first kappa shape index (κ1) is 13.7. The van der Waals surface area contributed by atoms with Gasteiger partial charge in [0.15, 0.2) is 5.82 Å². The molecule has 2 aromatic rings. The molecule has 0 aliphatic carbocycles. The smallest absolute Gasteiger partial charge is 0.156 e. The van der Waals surface area contributed by atoms with Gasteiger partial charge in [-0.2, -0.15) is 5.10 Å². The van der Waals surface area contributed by atoms with Crippen LogP contribution < -0.4 is 5.32 Å². The van der Waals surface area contributed by atoms with Gasteiger partial charge in [-0.1, -0.05) is 24.3 Å². The lowest BCUT2D eigenvalue weighted by Crippen LogP contribution is -2.28. The van der Waals surface area contributed by atoms with Crippen molar-refractivity contribution >= 4 is 16.6 Å². The number of anilines is 1. The molecule has 102 valence electrons. The first-order valence-electron chi connectivity index (χ1n) is 6.43. The molecule has 1 aromatic carbocycles. The van der Waals surface area contributed by atoms with Crippen LogP contribution in [0.5, 0.6) is 0 Å². The highest BCUT2D eigenvalue weighted by Crippen LogP contribution is 2.18. The third-order valence-electron chi connectivity index (χ3n) is 3.03. The Kier molecular flexibility index (Phi) is 5.06.